The van der Waals surface area contributed by atoms with E-state index in [-0.39, 0.29) is 11.9 Å². The molecule has 2 heterocycles. The molecule has 26 heavy (non-hydrogen) atoms. The molecule has 138 valence electrons. The van der Waals surface area contributed by atoms with Gasteiger partial charge in [-0.3, -0.25) is 14.4 Å². The Bertz CT molecular complexity index is 958. The highest BCUT2D eigenvalue weighted by molar-refractivity contribution is 7.92. The number of benzene rings is 1. The molecule has 8 heteroatoms. The summed E-state index contributed by atoms with van der Waals surface area (Å²) in [5.41, 5.74) is 3.19. The minimum absolute atomic E-state index is 0.135. The molecule has 4 rings (SSSR count). The van der Waals surface area contributed by atoms with Gasteiger partial charge in [0.25, 0.3) is 5.91 Å². The van der Waals surface area contributed by atoms with Gasteiger partial charge < -0.3 is 0 Å². The van der Waals surface area contributed by atoms with Crippen LogP contribution in [0.25, 0.3) is 0 Å². The standard InChI is InChI=1S/C18H21N3O3S2/c1-11-9-13-10-12(7-8-15(13)21(11)26(2,23)24)17(22)20-18-19-14-5-3-4-6-16(14)25-18/h7-8,10-11H,3-6,9H2,1-2H3,(H,19,20,22)/t11-/m0/s1. The zero-order valence-corrected chi connectivity index (χ0v) is 16.4. The molecule has 0 saturated carbocycles. The molecule has 0 fully saturated rings. The average molecular weight is 392 g/mol. The number of aromatic nitrogens is 1. The molecule has 1 atom stereocenters. The molecular formula is C18H21N3O3S2. The molecule has 1 aromatic carbocycles. The van der Waals surface area contributed by atoms with Crippen molar-refractivity contribution in [1.29, 1.82) is 0 Å². The summed E-state index contributed by atoms with van der Waals surface area (Å²) in [4.78, 5) is 18.4. The summed E-state index contributed by atoms with van der Waals surface area (Å²) in [6.45, 7) is 1.88. The van der Waals surface area contributed by atoms with Gasteiger partial charge in [-0.05, 0) is 62.8 Å². The molecule has 1 amide bonds. The van der Waals surface area contributed by atoms with E-state index in [4.69, 9.17) is 0 Å². The fraction of sp³-hybridized carbons (Fsp3) is 0.444. The quantitative estimate of drug-likeness (QED) is 0.872. The normalized spacial score (nSPS) is 19.2. The van der Waals surface area contributed by atoms with E-state index in [1.807, 2.05) is 6.92 Å². The van der Waals surface area contributed by atoms with E-state index < -0.39 is 10.0 Å². The van der Waals surface area contributed by atoms with Crippen molar-refractivity contribution >= 4 is 38.1 Å². The molecular weight excluding hydrogens is 370 g/mol. The second-order valence-electron chi connectivity index (χ2n) is 7.01. The van der Waals surface area contributed by atoms with Crippen LogP contribution in [0, 0.1) is 0 Å². The predicted molar refractivity (Wildman–Crippen MR) is 104 cm³/mol. The van der Waals surface area contributed by atoms with Gasteiger partial charge in [0.1, 0.15) is 0 Å². The average Bonchev–Trinajstić information content (AvgIpc) is 3.12. The minimum atomic E-state index is -3.32. The van der Waals surface area contributed by atoms with Crippen molar-refractivity contribution in [2.24, 2.45) is 0 Å². The van der Waals surface area contributed by atoms with Crippen LogP contribution < -0.4 is 9.62 Å². The number of hydrogen-bond acceptors (Lipinski definition) is 5. The summed E-state index contributed by atoms with van der Waals surface area (Å²) >= 11 is 1.56. The third-order valence-electron chi connectivity index (χ3n) is 4.92. The van der Waals surface area contributed by atoms with Crippen LogP contribution in [-0.2, 0) is 29.3 Å². The molecule has 1 aliphatic carbocycles. The van der Waals surface area contributed by atoms with Gasteiger partial charge in [0.2, 0.25) is 10.0 Å². The van der Waals surface area contributed by atoms with Crippen molar-refractivity contribution in [3.05, 3.63) is 39.9 Å². The number of carbonyl (C=O) groups excluding carboxylic acids is 1. The van der Waals surface area contributed by atoms with Crippen LogP contribution in [0.15, 0.2) is 18.2 Å². The molecule has 6 nitrogen and oxygen atoms in total. The van der Waals surface area contributed by atoms with Gasteiger partial charge in [-0.1, -0.05) is 0 Å². The highest BCUT2D eigenvalue weighted by Gasteiger charge is 2.32. The number of nitrogens with one attached hydrogen (secondary N) is 1. The van der Waals surface area contributed by atoms with Crippen LogP contribution in [0.4, 0.5) is 10.8 Å². The highest BCUT2D eigenvalue weighted by Crippen LogP contribution is 2.35. The lowest BCUT2D eigenvalue weighted by atomic mass is 10.0. The van der Waals surface area contributed by atoms with Crippen molar-refractivity contribution in [2.75, 3.05) is 15.9 Å². The monoisotopic (exact) mass is 391 g/mol. The number of hydrogen-bond donors (Lipinski definition) is 1. The summed E-state index contributed by atoms with van der Waals surface area (Å²) in [7, 11) is -3.32. The molecule has 0 saturated heterocycles. The number of aryl methyl sites for hydroxylation is 2. The molecule has 2 aromatic rings. The third-order valence-corrected chi connectivity index (χ3v) is 7.26. The molecule has 0 unspecified atom stereocenters. The number of anilines is 2. The smallest absolute Gasteiger partial charge is 0.257 e. The number of amides is 1. The number of carbonyl (C=O) groups is 1. The van der Waals surface area contributed by atoms with Crippen molar-refractivity contribution in [1.82, 2.24) is 4.98 Å². The lowest BCUT2D eigenvalue weighted by molar-refractivity contribution is 0.102. The zero-order valence-electron chi connectivity index (χ0n) is 14.8. The van der Waals surface area contributed by atoms with Gasteiger partial charge in [0.15, 0.2) is 5.13 Å². The van der Waals surface area contributed by atoms with Crippen LogP contribution in [0.3, 0.4) is 0 Å². The summed E-state index contributed by atoms with van der Waals surface area (Å²) < 4.78 is 25.4. The van der Waals surface area contributed by atoms with Crippen LogP contribution in [0.2, 0.25) is 0 Å². The number of fused-ring (bicyclic) bond motifs is 2. The molecule has 1 aromatic heterocycles. The van der Waals surface area contributed by atoms with Crippen molar-refractivity contribution in [3.8, 4) is 0 Å². The number of rotatable bonds is 3. The van der Waals surface area contributed by atoms with E-state index in [1.165, 1.54) is 21.9 Å². The van der Waals surface area contributed by atoms with E-state index in [0.29, 0.717) is 22.8 Å². The Morgan fingerprint density at radius 2 is 2.08 bits per heavy atom. The maximum atomic E-state index is 12.6. The number of nitrogens with zero attached hydrogens (tertiary/aromatic N) is 2. The Kier molecular flexibility index (Phi) is 4.27. The van der Waals surface area contributed by atoms with Gasteiger partial charge in [-0.25, -0.2) is 13.4 Å². The second kappa shape index (κ2) is 6.35. The summed E-state index contributed by atoms with van der Waals surface area (Å²) in [5.74, 6) is -0.204. The first-order valence-corrected chi connectivity index (χ1v) is 11.4. The lowest BCUT2D eigenvalue weighted by Gasteiger charge is -2.21. The fourth-order valence-corrected chi connectivity index (χ4v) is 6.13. The molecule has 2 aliphatic rings. The summed E-state index contributed by atoms with van der Waals surface area (Å²) in [6.07, 6.45) is 6.19. The number of thiazole rings is 1. The molecule has 0 spiro atoms. The van der Waals surface area contributed by atoms with Crippen molar-refractivity contribution in [3.63, 3.8) is 0 Å². The topological polar surface area (TPSA) is 79.4 Å². The first kappa shape index (κ1) is 17.5. The van der Waals surface area contributed by atoms with Crippen molar-refractivity contribution in [2.45, 2.75) is 45.1 Å². The Morgan fingerprint density at radius 1 is 1.31 bits per heavy atom. The lowest BCUT2D eigenvalue weighted by Crippen LogP contribution is -2.34. The van der Waals surface area contributed by atoms with Gasteiger partial charge >= 0.3 is 0 Å². The molecule has 1 N–H and O–H groups in total. The zero-order chi connectivity index (χ0) is 18.5. The minimum Gasteiger partial charge on any atom is -0.298 e. The van der Waals surface area contributed by atoms with E-state index in [2.05, 4.69) is 10.3 Å². The Morgan fingerprint density at radius 3 is 2.81 bits per heavy atom. The van der Waals surface area contributed by atoms with E-state index >= 15 is 0 Å². The van der Waals surface area contributed by atoms with Gasteiger partial charge in [-0.2, -0.15) is 0 Å². The van der Waals surface area contributed by atoms with E-state index in [1.54, 1.807) is 29.5 Å². The highest BCUT2D eigenvalue weighted by atomic mass is 32.2. The number of sulfonamides is 1. The first-order valence-electron chi connectivity index (χ1n) is 8.75. The van der Waals surface area contributed by atoms with Gasteiger partial charge in [0, 0.05) is 16.5 Å². The fourth-order valence-electron chi connectivity index (χ4n) is 3.82. The Balaban J connectivity index is 1.57. The molecule has 0 radical (unpaired) electrons. The predicted octanol–water partition coefficient (Wildman–Crippen LogP) is 2.98. The molecule has 0 bridgehead atoms. The first-order chi connectivity index (χ1) is 12.3. The van der Waals surface area contributed by atoms with Crippen LogP contribution in [0.1, 0.15) is 46.3 Å². The third kappa shape index (κ3) is 3.12. The molecule has 1 aliphatic heterocycles. The summed E-state index contributed by atoms with van der Waals surface area (Å²) in [5, 5.41) is 3.54. The van der Waals surface area contributed by atoms with Crippen LogP contribution >= 0.6 is 11.3 Å². The maximum absolute atomic E-state index is 12.6. The maximum Gasteiger partial charge on any atom is 0.257 e. The van der Waals surface area contributed by atoms with Gasteiger partial charge in [0.05, 0.1) is 17.6 Å². The van der Waals surface area contributed by atoms with Crippen molar-refractivity contribution < 1.29 is 13.2 Å². The summed E-state index contributed by atoms with van der Waals surface area (Å²) in [6, 6.07) is 5.06. The van der Waals surface area contributed by atoms with Gasteiger partial charge in [-0.15, -0.1) is 11.3 Å². The second-order valence-corrected chi connectivity index (χ2v) is 9.95. The van der Waals surface area contributed by atoms with E-state index in [0.717, 1.165) is 30.5 Å². The Labute approximate surface area is 157 Å². The van der Waals surface area contributed by atoms with Crippen LogP contribution in [0.5, 0.6) is 0 Å². The Hall–Kier alpha value is -1.93. The van der Waals surface area contributed by atoms with Crippen LogP contribution in [-0.4, -0.2) is 31.6 Å². The van der Waals surface area contributed by atoms with E-state index in [9.17, 15) is 13.2 Å². The SMILES string of the molecule is C[C@H]1Cc2cc(C(=O)Nc3nc4c(s3)CCCC4)ccc2N1S(C)(=O)=O. The largest absolute Gasteiger partial charge is 0.298 e.